The maximum absolute atomic E-state index is 13.4. The Labute approximate surface area is 314 Å². The van der Waals surface area contributed by atoms with Crippen LogP contribution < -0.4 is 37.6 Å². The highest BCUT2D eigenvalue weighted by Crippen LogP contribution is 2.13. The number of primary amides is 1. The molecule has 2 rings (SSSR count). The first kappa shape index (κ1) is 44.6. The molecule has 0 unspecified atom stereocenters. The highest BCUT2D eigenvalue weighted by Gasteiger charge is 2.27. The van der Waals surface area contributed by atoms with Crippen LogP contribution in [0.5, 0.6) is 0 Å². The number of imide groups is 1. The van der Waals surface area contributed by atoms with Gasteiger partial charge in [-0.15, -0.1) is 0 Å². The molecule has 0 aliphatic carbocycles. The SMILES string of the molecule is CC(C)[C@H](NCCNC(=O)CCOCCNC(=O)CCN1C(=O)C=CC1=O)C(=O)N[C@@H](CCCNC(N)=O)C(=O)Nc1ccc(COC(=O)N(C)C)cc1. The molecule has 0 aromatic heterocycles. The van der Waals surface area contributed by atoms with Gasteiger partial charge < -0.3 is 52.0 Å². The lowest BCUT2D eigenvalue weighted by Gasteiger charge is -2.25. The quantitative estimate of drug-likeness (QED) is 0.0514. The molecule has 9 amide bonds. The van der Waals surface area contributed by atoms with Crippen LogP contribution in [0.2, 0.25) is 0 Å². The molecular formula is C35H53N9O10. The van der Waals surface area contributed by atoms with Crippen molar-refractivity contribution >= 4 is 53.3 Å². The van der Waals surface area contributed by atoms with E-state index in [0.29, 0.717) is 17.7 Å². The molecule has 0 radical (unpaired) electrons. The van der Waals surface area contributed by atoms with Gasteiger partial charge in [-0.25, -0.2) is 9.59 Å². The van der Waals surface area contributed by atoms with Gasteiger partial charge in [0.05, 0.1) is 19.3 Å². The van der Waals surface area contributed by atoms with Crippen LogP contribution in [0, 0.1) is 5.92 Å². The number of amides is 9. The van der Waals surface area contributed by atoms with E-state index in [1.165, 1.54) is 4.90 Å². The molecule has 298 valence electrons. The number of anilines is 1. The molecule has 8 N–H and O–H groups in total. The Bertz CT molecular complexity index is 1470. The summed E-state index contributed by atoms with van der Waals surface area (Å²) in [6, 6.07) is 4.34. The standard InChI is InChI=1S/C35H53N9O10/c1-23(2)31(39-17-16-37-28(46)14-20-53-21-18-38-27(45)13-19-44-29(47)11-12-30(44)48)33(50)42-26(6-5-15-40-34(36)51)32(49)41-25-9-7-24(8-10-25)22-54-35(52)43(3)4/h7-12,23,26,31,39H,5-6,13-22H2,1-4H3,(H,37,46)(H,38,45)(H,41,49)(H,42,50)(H3,36,40,51)/t26-,31-/m0/s1. The van der Waals surface area contributed by atoms with Crippen LogP contribution in [0.3, 0.4) is 0 Å². The molecule has 19 nitrogen and oxygen atoms in total. The second kappa shape index (κ2) is 23.9. The van der Waals surface area contributed by atoms with Crippen molar-refractivity contribution in [3.05, 3.63) is 42.0 Å². The van der Waals surface area contributed by atoms with Crippen LogP contribution in [-0.2, 0) is 44.8 Å². The molecular weight excluding hydrogens is 706 g/mol. The van der Waals surface area contributed by atoms with E-state index in [4.69, 9.17) is 15.2 Å². The second-order valence-electron chi connectivity index (χ2n) is 12.8. The van der Waals surface area contributed by atoms with Crippen molar-refractivity contribution in [2.24, 2.45) is 11.7 Å². The normalized spacial score (nSPS) is 13.2. The topological polar surface area (TPSA) is 260 Å². The van der Waals surface area contributed by atoms with Gasteiger partial charge in [0.2, 0.25) is 23.6 Å². The minimum Gasteiger partial charge on any atom is -0.445 e. The first-order valence-corrected chi connectivity index (χ1v) is 17.6. The monoisotopic (exact) mass is 759 g/mol. The van der Waals surface area contributed by atoms with E-state index >= 15 is 0 Å². The van der Waals surface area contributed by atoms with Gasteiger partial charge in [-0.2, -0.15) is 0 Å². The molecule has 0 fully saturated rings. The number of hydrogen-bond acceptors (Lipinski definition) is 11. The Hall–Kier alpha value is -5.56. The minimum absolute atomic E-state index is 0.0124. The van der Waals surface area contributed by atoms with Gasteiger partial charge in [0.25, 0.3) is 11.8 Å². The Morgan fingerprint density at radius 1 is 0.815 bits per heavy atom. The smallest absolute Gasteiger partial charge is 0.409 e. The van der Waals surface area contributed by atoms with E-state index in [2.05, 4.69) is 31.9 Å². The lowest BCUT2D eigenvalue weighted by Crippen LogP contribution is -2.54. The molecule has 0 saturated carbocycles. The molecule has 0 bridgehead atoms. The van der Waals surface area contributed by atoms with Gasteiger partial charge in [-0.1, -0.05) is 26.0 Å². The third-order valence-corrected chi connectivity index (χ3v) is 7.82. The highest BCUT2D eigenvalue weighted by atomic mass is 16.6. The van der Waals surface area contributed by atoms with Gasteiger partial charge in [-0.05, 0) is 36.5 Å². The molecule has 1 aliphatic rings. The van der Waals surface area contributed by atoms with Gasteiger partial charge in [0, 0.05) is 77.5 Å². The Morgan fingerprint density at radius 3 is 2.09 bits per heavy atom. The zero-order valence-corrected chi connectivity index (χ0v) is 31.2. The van der Waals surface area contributed by atoms with Crippen LogP contribution in [0.25, 0.3) is 0 Å². The van der Waals surface area contributed by atoms with Gasteiger partial charge >= 0.3 is 12.1 Å². The van der Waals surface area contributed by atoms with Crippen molar-refractivity contribution in [2.75, 3.05) is 65.3 Å². The van der Waals surface area contributed by atoms with E-state index in [1.54, 1.807) is 38.4 Å². The number of nitrogens with zero attached hydrogens (tertiary/aromatic N) is 2. The van der Waals surface area contributed by atoms with Crippen LogP contribution in [0.4, 0.5) is 15.3 Å². The largest absolute Gasteiger partial charge is 0.445 e. The molecule has 0 spiro atoms. The van der Waals surface area contributed by atoms with Crippen LogP contribution >= 0.6 is 0 Å². The van der Waals surface area contributed by atoms with E-state index in [1.807, 2.05) is 13.8 Å². The lowest BCUT2D eigenvalue weighted by atomic mass is 10.0. The number of hydrogen-bond donors (Lipinski definition) is 7. The Balaban J connectivity index is 1.76. The zero-order chi connectivity index (χ0) is 40.0. The van der Waals surface area contributed by atoms with Crippen molar-refractivity contribution in [1.29, 1.82) is 0 Å². The molecule has 1 aromatic rings. The summed E-state index contributed by atoms with van der Waals surface area (Å²) in [5, 5.41) is 16.5. The van der Waals surface area contributed by atoms with E-state index in [0.717, 1.165) is 17.1 Å². The molecule has 1 heterocycles. The first-order valence-electron chi connectivity index (χ1n) is 17.6. The van der Waals surface area contributed by atoms with Gasteiger partial charge in [-0.3, -0.25) is 33.7 Å². The number of carbonyl (C=O) groups excluding carboxylic acids is 8. The summed E-state index contributed by atoms with van der Waals surface area (Å²) >= 11 is 0. The minimum atomic E-state index is -0.951. The summed E-state index contributed by atoms with van der Waals surface area (Å²) in [6.07, 6.45) is 2.42. The molecule has 1 aliphatic heterocycles. The maximum atomic E-state index is 13.4. The third-order valence-electron chi connectivity index (χ3n) is 7.82. The number of nitrogens with one attached hydrogen (secondary N) is 6. The number of rotatable bonds is 24. The summed E-state index contributed by atoms with van der Waals surface area (Å²) in [6.45, 7) is 4.87. The van der Waals surface area contributed by atoms with Crippen molar-refractivity contribution in [3.8, 4) is 0 Å². The number of ether oxygens (including phenoxy) is 2. The second-order valence-corrected chi connectivity index (χ2v) is 12.8. The average Bonchev–Trinajstić information content (AvgIpc) is 3.44. The number of carbonyl (C=O) groups is 8. The first-order chi connectivity index (χ1) is 25.7. The van der Waals surface area contributed by atoms with E-state index in [-0.39, 0.29) is 89.5 Å². The fourth-order valence-electron chi connectivity index (χ4n) is 4.87. The van der Waals surface area contributed by atoms with Crippen LogP contribution in [-0.4, -0.2) is 129 Å². The number of benzene rings is 1. The molecule has 2 atom stereocenters. The lowest BCUT2D eigenvalue weighted by molar-refractivity contribution is -0.137. The molecule has 19 heteroatoms. The molecule has 1 aromatic carbocycles. The summed E-state index contributed by atoms with van der Waals surface area (Å²) < 4.78 is 10.6. The van der Waals surface area contributed by atoms with Gasteiger partial charge in [0.1, 0.15) is 12.6 Å². The highest BCUT2D eigenvalue weighted by molar-refractivity contribution is 6.13. The molecule has 0 saturated heterocycles. The zero-order valence-electron chi connectivity index (χ0n) is 31.2. The van der Waals surface area contributed by atoms with Crippen molar-refractivity contribution in [2.45, 2.75) is 58.2 Å². The van der Waals surface area contributed by atoms with Crippen LogP contribution in [0.15, 0.2) is 36.4 Å². The van der Waals surface area contributed by atoms with E-state index in [9.17, 15) is 38.4 Å². The van der Waals surface area contributed by atoms with E-state index < -0.39 is 47.8 Å². The summed E-state index contributed by atoms with van der Waals surface area (Å²) in [5.74, 6) is -2.59. The number of nitrogens with two attached hydrogens (primary N) is 1. The Kier molecular flexibility index (Phi) is 19.7. The Morgan fingerprint density at radius 2 is 1.46 bits per heavy atom. The summed E-state index contributed by atoms with van der Waals surface area (Å²) in [4.78, 5) is 99.0. The number of urea groups is 1. The molecule has 54 heavy (non-hydrogen) atoms. The summed E-state index contributed by atoms with van der Waals surface area (Å²) in [7, 11) is 3.15. The predicted molar refractivity (Wildman–Crippen MR) is 196 cm³/mol. The average molecular weight is 760 g/mol. The third kappa shape index (κ3) is 17.3. The fraction of sp³-hybridized carbons (Fsp3) is 0.543. The van der Waals surface area contributed by atoms with Crippen LogP contribution in [0.1, 0.15) is 45.1 Å². The predicted octanol–water partition coefficient (Wildman–Crippen LogP) is -0.675. The van der Waals surface area contributed by atoms with Crippen molar-refractivity contribution in [3.63, 3.8) is 0 Å². The fourth-order valence-corrected chi connectivity index (χ4v) is 4.87. The van der Waals surface area contributed by atoms with Crippen molar-refractivity contribution in [1.82, 2.24) is 36.4 Å². The van der Waals surface area contributed by atoms with Crippen molar-refractivity contribution < 1.29 is 47.8 Å². The summed E-state index contributed by atoms with van der Waals surface area (Å²) in [5.41, 5.74) is 6.32. The van der Waals surface area contributed by atoms with Gasteiger partial charge in [0.15, 0.2) is 0 Å². The maximum Gasteiger partial charge on any atom is 0.409 e.